The number of fused-ring (bicyclic) bond motifs is 1. The van der Waals surface area contributed by atoms with Crippen LogP contribution >= 0.6 is 0 Å². The highest BCUT2D eigenvalue weighted by Gasteiger charge is 2.53. The van der Waals surface area contributed by atoms with Gasteiger partial charge in [-0.05, 0) is 38.5 Å². The summed E-state index contributed by atoms with van der Waals surface area (Å²) in [6.45, 7) is 3.09. The molecule has 6 unspecified atom stereocenters. The van der Waals surface area contributed by atoms with Crippen LogP contribution in [0.25, 0.3) is 0 Å². The van der Waals surface area contributed by atoms with E-state index in [-0.39, 0.29) is 17.6 Å². The van der Waals surface area contributed by atoms with Gasteiger partial charge in [-0.15, -0.1) is 0 Å². The molecule has 2 aliphatic rings. The van der Waals surface area contributed by atoms with Crippen molar-refractivity contribution in [3.05, 3.63) is 0 Å². The van der Waals surface area contributed by atoms with Crippen molar-refractivity contribution in [3.8, 4) is 0 Å². The van der Waals surface area contributed by atoms with Crippen LogP contribution in [0.5, 0.6) is 0 Å². The second kappa shape index (κ2) is 7.80. The molecule has 0 aromatic rings. The highest BCUT2D eigenvalue weighted by atomic mass is 16.4. The number of carbonyl (C=O) groups excluding carboxylic acids is 1. The molecule has 0 radical (unpaired) electrons. The van der Waals surface area contributed by atoms with Crippen molar-refractivity contribution >= 4 is 17.7 Å². The van der Waals surface area contributed by atoms with Crippen LogP contribution in [-0.2, 0) is 14.4 Å². The molecule has 1 aliphatic heterocycles. The van der Waals surface area contributed by atoms with Crippen molar-refractivity contribution in [1.29, 1.82) is 0 Å². The summed E-state index contributed by atoms with van der Waals surface area (Å²) < 4.78 is 0. The van der Waals surface area contributed by atoms with E-state index in [1.807, 2.05) is 0 Å². The third-order valence-corrected chi connectivity index (χ3v) is 5.68. The summed E-state index contributed by atoms with van der Waals surface area (Å²) in [4.78, 5) is 38.0. The van der Waals surface area contributed by atoms with E-state index in [9.17, 15) is 24.6 Å². The number of ketones is 1. The fourth-order valence-electron chi connectivity index (χ4n) is 4.61. The Morgan fingerprint density at radius 2 is 1.68 bits per heavy atom. The second-order valence-electron chi connectivity index (χ2n) is 7.52. The highest BCUT2D eigenvalue weighted by molar-refractivity contribution is 5.91. The Hall–Kier alpha value is -1.51. The molecule has 1 aliphatic carbocycles. The molecule has 8 heteroatoms. The average molecular weight is 355 g/mol. The fraction of sp³-hybridized carbons (Fsp3) is 0.824. The lowest BCUT2D eigenvalue weighted by Gasteiger charge is -2.52. The second-order valence-corrected chi connectivity index (χ2v) is 7.52. The minimum Gasteiger partial charge on any atom is -0.480 e. The molecule has 0 spiro atoms. The first kappa shape index (κ1) is 19.8. The van der Waals surface area contributed by atoms with Gasteiger partial charge in [0.15, 0.2) is 5.78 Å². The topological polar surface area (TPSA) is 147 Å². The molecule has 7 atom stereocenters. The third-order valence-electron chi connectivity index (χ3n) is 5.68. The van der Waals surface area contributed by atoms with Crippen LogP contribution in [0.4, 0.5) is 0 Å². The van der Waals surface area contributed by atoms with Gasteiger partial charge in [-0.25, -0.2) is 0 Å². The van der Waals surface area contributed by atoms with Gasteiger partial charge >= 0.3 is 11.9 Å². The number of Topliss-reactive ketones (excluding diaryl/α,β-unsaturated/α-hetero) is 1. The van der Waals surface area contributed by atoms with Crippen LogP contribution in [0.1, 0.15) is 46.0 Å². The molecule has 1 heterocycles. The van der Waals surface area contributed by atoms with Crippen LogP contribution in [-0.4, -0.2) is 63.0 Å². The summed E-state index contributed by atoms with van der Waals surface area (Å²) in [5.41, 5.74) is 11.7. The van der Waals surface area contributed by atoms with Gasteiger partial charge in [0.25, 0.3) is 0 Å². The Bertz CT molecular complexity index is 536. The number of hydrogen-bond donors (Lipinski definition) is 4. The molecule has 2 fully saturated rings. The summed E-state index contributed by atoms with van der Waals surface area (Å²) in [6.07, 6.45) is 3.94. The summed E-state index contributed by atoms with van der Waals surface area (Å²) in [5.74, 6) is -2.59. The Balaban J connectivity index is 2.54. The smallest absolute Gasteiger partial charge is 0.322 e. The van der Waals surface area contributed by atoms with E-state index in [1.165, 1.54) is 11.8 Å². The molecule has 25 heavy (non-hydrogen) atoms. The van der Waals surface area contributed by atoms with Crippen molar-refractivity contribution in [2.24, 2.45) is 23.3 Å². The number of hydrogen-bond acceptors (Lipinski definition) is 6. The summed E-state index contributed by atoms with van der Waals surface area (Å²) in [5, 5.41) is 19.4. The maximum Gasteiger partial charge on any atom is 0.322 e. The summed E-state index contributed by atoms with van der Waals surface area (Å²) >= 11 is 0. The first-order valence-electron chi connectivity index (χ1n) is 8.94. The quantitative estimate of drug-likeness (QED) is 0.522. The standard InChI is InChI=1S/C17H29N3O5/c1-8(18)13(17(24)25)20-12(16(22)23)7-10-5-3-4-6-11(10)14(20)15(21)9(2)19/h8-14H,3-7,18-19H2,1-2H3,(H,22,23)(H,24,25)/t8?,9-,10?,11?,12?,13?,14?/m0/s1. The summed E-state index contributed by atoms with van der Waals surface area (Å²) in [7, 11) is 0. The Morgan fingerprint density at radius 1 is 1.08 bits per heavy atom. The van der Waals surface area contributed by atoms with Crippen LogP contribution in [0, 0.1) is 11.8 Å². The lowest BCUT2D eigenvalue weighted by atomic mass is 9.66. The number of carbonyl (C=O) groups is 3. The van der Waals surface area contributed by atoms with Crippen LogP contribution < -0.4 is 11.5 Å². The molecule has 0 aromatic heterocycles. The maximum atomic E-state index is 12.9. The summed E-state index contributed by atoms with van der Waals surface area (Å²) in [6, 6.07) is -4.70. The van der Waals surface area contributed by atoms with E-state index < -0.39 is 42.1 Å². The van der Waals surface area contributed by atoms with E-state index in [2.05, 4.69) is 0 Å². The van der Waals surface area contributed by atoms with E-state index >= 15 is 0 Å². The zero-order chi connectivity index (χ0) is 18.9. The zero-order valence-electron chi connectivity index (χ0n) is 14.8. The third kappa shape index (κ3) is 3.86. The number of rotatable bonds is 6. The number of carboxylic acids is 2. The Labute approximate surface area is 147 Å². The van der Waals surface area contributed by atoms with E-state index in [1.54, 1.807) is 6.92 Å². The average Bonchev–Trinajstić information content (AvgIpc) is 2.52. The molecule has 2 rings (SSSR count). The number of nitrogens with two attached hydrogens (primary N) is 2. The normalized spacial score (nSPS) is 33.8. The predicted octanol–water partition coefficient (Wildman–Crippen LogP) is 0.0370. The first-order chi connectivity index (χ1) is 11.7. The Morgan fingerprint density at radius 3 is 2.16 bits per heavy atom. The molecule has 0 amide bonds. The van der Waals surface area contributed by atoms with Crippen LogP contribution in [0.15, 0.2) is 0 Å². The first-order valence-corrected chi connectivity index (χ1v) is 8.94. The molecule has 1 saturated heterocycles. The molecule has 0 bridgehead atoms. The number of likely N-dealkylation sites (tertiary alicyclic amines) is 1. The van der Waals surface area contributed by atoms with E-state index in [4.69, 9.17) is 11.5 Å². The van der Waals surface area contributed by atoms with Crippen molar-refractivity contribution in [2.45, 2.75) is 76.2 Å². The SMILES string of the molecule is CC(N)C(C(=O)O)N1C(C(=O)O)CC2CCCCC2C1C(=O)[C@H](C)N. The van der Waals surface area contributed by atoms with Gasteiger partial charge in [-0.1, -0.05) is 19.3 Å². The molecule has 142 valence electrons. The number of nitrogens with zero attached hydrogens (tertiary/aromatic N) is 1. The van der Waals surface area contributed by atoms with Gasteiger partial charge in [-0.2, -0.15) is 0 Å². The van der Waals surface area contributed by atoms with E-state index in [0.29, 0.717) is 6.42 Å². The van der Waals surface area contributed by atoms with E-state index in [0.717, 1.165) is 25.7 Å². The molecule has 0 aromatic carbocycles. The minimum atomic E-state index is -1.24. The maximum absolute atomic E-state index is 12.9. The minimum absolute atomic E-state index is 0.0663. The molecule has 8 nitrogen and oxygen atoms in total. The lowest BCUT2D eigenvalue weighted by molar-refractivity contribution is -0.164. The monoisotopic (exact) mass is 355 g/mol. The van der Waals surface area contributed by atoms with Gasteiger partial charge < -0.3 is 21.7 Å². The van der Waals surface area contributed by atoms with Crippen LogP contribution in [0.3, 0.4) is 0 Å². The van der Waals surface area contributed by atoms with Crippen LogP contribution in [0.2, 0.25) is 0 Å². The number of carboxylic acid groups (broad SMARTS) is 2. The Kier molecular flexibility index (Phi) is 6.18. The largest absolute Gasteiger partial charge is 0.480 e. The molecule has 6 N–H and O–H groups in total. The molecular weight excluding hydrogens is 326 g/mol. The van der Waals surface area contributed by atoms with Gasteiger partial charge in [0.05, 0.1) is 12.1 Å². The molecular formula is C17H29N3O5. The van der Waals surface area contributed by atoms with Crippen molar-refractivity contribution in [2.75, 3.05) is 0 Å². The van der Waals surface area contributed by atoms with Gasteiger partial charge in [0.2, 0.25) is 0 Å². The zero-order valence-corrected chi connectivity index (χ0v) is 14.8. The number of aliphatic carboxylic acids is 2. The van der Waals surface area contributed by atoms with Gasteiger partial charge in [0, 0.05) is 6.04 Å². The predicted molar refractivity (Wildman–Crippen MR) is 90.8 cm³/mol. The lowest BCUT2D eigenvalue weighted by Crippen LogP contribution is -2.69. The van der Waals surface area contributed by atoms with Gasteiger partial charge in [-0.3, -0.25) is 19.3 Å². The molecule has 1 saturated carbocycles. The van der Waals surface area contributed by atoms with Crippen molar-refractivity contribution in [3.63, 3.8) is 0 Å². The fourth-order valence-corrected chi connectivity index (χ4v) is 4.61. The number of piperidine rings is 1. The highest BCUT2D eigenvalue weighted by Crippen LogP contribution is 2.44. The van der Waals surface area contributed by atoms with Crippen molar-refractivity contribution in [1.82, 2.24) is 4.90 Å². The van der Waals surface area contributed by atoms with Gasteiger partial charge in [0.1, 0.15) is 12.1 Å². The van der Waals surface area contributed by atoms with Crippen molar-refractivity contribution < 1.29 is 24.6 Å².